The molecule has 9 nitrogen and oxygen atoms in total. The van der Waals surface area contributed by atoms with Crippen LogP contribution in [0.15, 0.2) is 149 Å². The van der Waals surface area contributed by atoms with Crippen LogP contribution in [-0.2, 0) is 16.2 Å². The van der Waals surface area contributed by atoms with Gasteiger partial charge in [0, 0.05) is 27.1 Å². The lowest BCUT2D eigenvalue weighted by molar-refractivity contribution is -0.115. The number of nitrogens with one attached hydrogen (secondary N) is 3. The second-order valence-electron chi connectivity index (χ2n) is 11.7. The molecule has 266 valence electrons. The first kappa shape index (κ1) is 36.6. The van der Waals surface area contributed by atoms with Gasteiger partial charge < -0.3 is 25.4 Å². The highest BCUT2D eigenvalue weighted by Crippen LogP contribution is 2.30. The molecular formula is C42H36N4O5S2. The SMILES string of the molecule is COc1cccc(-c2csc(NC(=O)C(C)Sc3cccc(NC(=O)/C(=C/c4ccc(OCc5ccccc5)cc4)NC(=O)c4ccccc4)c3)n2)c1. The molecule has 6 rings (SSSR count). The number of carbonyl (C=O) groups excluding carboxylic acids is 3. The van der Waals surface area contributed by atoms with Crippen molar-refractivity contribution >= 4 is 57.7 Å². The summed E-state index contributed by atoms with van der Waals surface area (Å²) in [6.07, 6.45) is 1.61. The average molecular weight is 741 g/mol. The number of anilines is 2. The van der Waals surface area contributed by atoms with E-state index in [2.05, 4.69) is 20.9 Å². The maximum Gasteiger partial charge on any atom is 0.272 e. The van der Waals surface area contributed by atoms with Crippen LogP contribution in [0.2, 0.25) is 0 Å². The molecule has 1 unspecified atom stereocenters. The number of thiazole rings is 1. The Morgan fingerprint density at radius 2 is 1.55 bits per heavy atom. The van der Waals surface area contributed by atoms with Gasteiger partial charge in [0.1, 0.15) is 23.8 Å². The highest BCUT2D eigenvalue weighted by molar-refractivity contribution is 8.00. The number of carbonyl (C=O) groups is 3. The van der Waals surface area contributed by atoms with E-state index in [1.54, 1.807) is 62.6 Å². The Hall–Kier alpha value is -6.17. The number of hydrogen-bond acceptors (Lipinski definition) is 8. The number of hydrogen-bond donors (Lipinski definition) is 3. The van der Waals surface area contributed by atoms with Crippen LogP contribution in [0.4, 0.5) is 10.8 Å². The minimum Gasteiger partial charge on any atom is -0.497 e. The monoisotopic (exact) mass is 740 g/mol. The summed E-state index contributed by atoms with van der Waals surface area (Å²) in [5, 5.41) is 10.5. The molecule has 3 amide bonds. The van der Waals surface area contributed by atoms with Crippen LogP contribution in [-0.4, -0.2) is 35.1 Å². The molecule has 0 fully saturated rings. The molecule has 1 atom stereocenters. The number of ether oxygens (including phenoxy) is 2. The maximum atomic E-state index is 13.7. The summed E-state index contributed by atoms with van der Waals surface area (Å²) in [5.41, 5.74) is 4.34. The topological polar surface area (TPSA) is 119 Å². The Morgan fingerprint density at radius 3 is 2.30 bits per heavy atom. The van der Waals surface area contributed by atoms with Crippen LogP contribution in [0.3, 0.4) is 0 Å². The Bertz CT molecular complexity index is 2210. The Morgan fingerprint density at radius 1 is 0.811 bits per heavy atom. The van der Waals surface area contributed by atoms with Crippen molar-refractivity contribution in [1.29, 1.82) is 0 Å². The number of methoxy groups -OCH3 is 1. The van der Waals surface area contributed by atoms with E-state index in [1.807, 2.05) is 96.4 Å². The van der Waals surface area contributed by atoms with E-state index in [1.165, 1.54) is 23.1 Å². The molecule has 5 aromatic carbocycles. The summed E-state index contributed by atoms with van der Waals surface area (Å²) in [5.74, 6) is 0.259. The molecule has 6 aromatic rings. The van der Waals surface area contributed by atoms with Crippen molar-refractivity contribution in [3.05, 3.63) is 161 Å². The first-order chi connectivity index (χ1) is 25.8. The molecule has 1 aromatic heterocycles. The van der Waals surface area contributed by atoms with Crippen LogP contribution in [0.5, 0.6) is 11.5 Å². The molecule has 0 saturated carbocycles. The standard InChI is InChI=1S/C42H36N4O5S2/c1-28(39(47)46-42-45-38(27-52-42)32-15-9-17-35(24-32)50-2)53-36-18-10-16-33(25-36)43-41(49)37(44-40(48)31-13-7-4-8-14-31)23-29-19-21-34(22-20-29)51-26-30-11-5-3-6-12-30/h3-25,27-28H,26H2,1-2H3,(H,43,49)(H,44,48)(H,45,46,47)/b37-23-. The fourth-order valence-corrected chi connectivity index (χ4v) is 6.72. The van der Waals surface area contributed by atoms with Gasteiger partial charge in [0.15, 0.2) is 5.13 Å². The van der Waals surface area contributed by atoms with Gasteiger partial charge in [0.25, 0.3) is 11.8 Å². The van der Waals surface area contributed by atoms with Crippen molar-refractivity contribution in [3.63, 3.8) is 0 Å². The molecule has 0 radical (unpaired) electrons. The number of aromatic nitrogens is 1. The van der Waals surface area contributed by atoms with E-state index in [9.17, 15) is 14.4 Å². The number of benzene rings is 5. The lowest BCUT2D eigenvalue weighted by Gasteiger charge is -2.14. The van der Waals surface area contributed by atoms with E-state index >= 15 is 0 Å². The first-order valence-electron chi connectivity index (χ1n) is 16.7. The molecule has 0 saturated heterocycles. The van der Waals surface area contributed by atoms with Crippen molar-refractivity contribution in [2.24, 2.45) is 0 Å². The summed E-state index contributed by atoms with van der Waals surface area (Å²) in [6.45, 7) is 2.23. The van der Waals surface area contributed by atoms with Gasteiger partial charge in [-0.15, -0.1) is 23.1 Å². The second kappa shape index (κ2) is 17.9. The minimum atomic E-state index is -0.512. The molecule has 53 heavy (non-hydrogen) atoms. The minimum absolute atomic E-state index is 0.0550. The number of amides is 3. The van der Waals surface area contributed by atoms with Crippen molar-refractivity contribution in [3.8, 4) is 22.8 Å². The van der Waals surface area contributed by atoms with Gasteiger partial charge in [-0.2, -0.15) is 0 Å². The van der Waals surface area contributed by atoms with Crippen LogP contribution >= 0.6 is 23.1 Å². The van der Waals surface area contributed by atoms with Gasteiger partial charge in [0.05, 0.1) is 18.1 Å². The van der Waals surface area contributed by atoms with E-state index in [0.717, 1.165) is 27.5 Å². The summed E-state index contributed by atoms with van der Waals surface area (Å²) < 4.78 is 11.2. The Kier molecular flexibility index (Phi) is 12.3. The smallest absolute Gasteiger partial charge is 0.272 e. The molecule has 0 spiro atoms. The van der Waals surface area contributed by atoms with Crippen molar-refractivity contribution in [2.75, 3.05) is 17.7 Å². The van der Waals surface area contributed by atoms with E-state index in [4.69, 9.17) is 9.47 Å². The van der Waals surface area contributed by atoms with Crippen LogP contribution in [0, 0.1) is 0 Å². The molecular weight excluding hydrogens is 705 g/mol. The highest BCUT2D eigenvalue weighted by Gasteiger charge is 2.19. The third kappa shape index (κ3) is 10.4. The van der Waals surface area contributed by atoms with Gasteiger partial charge in [-0.25, -0.2) is 4.98 Å². The third-order valence-corrected chi connectivity index (χ3v) is 9.69. The van der Waals surface area contributed by atoms with Gasteiger partial charge in [-0.05, 0) is 78.7 Å². The van der Waals surface area contributed by atoms with Gasteiger partial charge in [-0.1, -0.05) is 78.9 Å². The summed E-state index contributed by atoms with van der Waals surface area (Å²) >= 11 is 2.69. The van der Waals surface area contributed by atoms with E-state index in [0.29, 0.717) is 34.3 Å². The third-order valence-electron chi connectivity index (χ3n) is 7.84. The normalized spacial score (nSPS) is 11.6. The van der Waals surface area contributed by atoms with Gasteiger partial charge >= 0.3 is 0 Å². The van der Waals surface area contributed by atoms with Crippen LogP contribution in [0.1, 0.15) is 28.4 Å². The average Bonchev–Trinajstić information content (AvgIpc) is 3.66. The predicted molar refractivity (Wildman–Crippen MR) is 212 cm³/mol. The number of rotatable bonds is 14. The lowest BCUT2D eigenvalue weighted by atomic mass is 10.1. The molecule has 1 heterocycles. The maximum absolute atomic E-state index is 13.7. The molecule has 0 bridgehead atoms. The van der Waals surface area contributed by atoms with Crippen molar-refractivity contribution in [1.82, 2.24) is 10.3 Å². The van der Waals surface area contributed by atoms with E-state index in [-0.39, 0.29) is 11.6 Å². The molecule has 11 heteroatoms. The predicted octanol–water partition coefficient (Wildman–Crippen LogP) is 8.93. The highest BCUT2D eigenvalue weighted by atomic mass is 32.2. The zero-order valence-corrected chi connectivity index (χ0v) is 30.6. The van der Waals surface area contributed by atoms with Crippen LogP contribution < -0.4 is 25.4 Å². The van der Waals surface area contributed by atoms with Crippen molar-refractivity contribution < 1.29 is 23.9 Å². The van der Waals surface area contributed by atoms with Crippen LogP contribution in [0.25, 0.3) is 17.3 Å². The first-order valence-corrected chi connectivity index (χ1v) is 18.4. The zero-order valence-electron chi connectivity index (χ0n) is 28.9. The van der Waals surface area contributed by atoms with Crippen molar-refractivity contribution in [2.45, 2.75) is 23.7 Å². The molecule has 0 aliphatic rings. The van der Waals surface area contributed by atoms with Gasteiger partial charge in [0.2, 0.25) is 5.91 Å². The van der Waals surface area contributed by atoms with Gasteiger partial charge in [-0.3, -0.25) is 14.4 Å². The molecule has 3 N–H and O–H groups in total. The molecule has 0 aliphatic carbocycles. The zero-order chi connectivity index (χ0) is 37.0. The fourth-order valence-electron chi connectivity index (χ4n) is 5.07. The fraction of sp³-hybridized carbons (Fsp3) is 0.0952. The summed E-state index contributed by atoms with van der Waals surface area (Å²) in [6, 6.07) is 40.6. The summed E-state index contributed by atoms with van der Waals surface area (Å²) in [7, 11) is 1.61. The second-order valence-corrected chi connectivity index (χ2v) is 14.0. The quantitative estimate of drug-likeness (QED) is 0.0754. The number of thioether (sulfide) groups is 1. The summed E-state index contributed by atoms with van der Waals surface area (Å²) in [4.78, 5) is 45.3. The Balaban J connectivity index is 1.11. The largest absolute Gasteiger partial charge is 0.497 e. The van der Waals surface area contributed by atoms with E-state index < -0.39 is 17.1 Å². The molecule has 0 aliphatic heterocycles. The number of nitrogens with zero attached hydrogens (tertiary/aromatic N) is 1. The Labute approximate surface area is 316 Å². The lowest BCUT2D eigenvalue weighted by Crippen LogP contribution is -2.30.